The molecule has 0 fully saturated rings. The molecule has 0 unspecified atom stereocenters. The van der Waals surface area contributed by atoms with Crippen LogP contribution >= 0.6 is 0 Å². The van der Waals surface area contributed by atoms with Crippen molar-refractivity contribution in [1.82, 2.24) is 25.3 Å². The van der Waals surface area contributed by atoms with Gasteiger partial charge >= 0.3 is 0 Å². The fourth-order valence-corrected chi connectivity index (χ4v) is 3.63. The van der Waals surface area contributed by atoms with Crippen molar-refractivity contribution in [3.8, 4) is 5.75 Å². The van der Waals surface area contributed by atoms with E-state index in [-0.39, 0.29) is 18.2 Å². The van der Waals surface area contributed by atoms with E-state index in [0.29, 0.717) is 18.0 Å². The van der Waals surface area contributed by atoms with Crippen molar-refractivity contribution in [3.05, 3.63) is 72.2 Å². The Labute approximate surface area is 177 Å². The lowest BCUT2D eigenvalue weighted by molar-refractivity contribution is -0.120. The molecule has 0 spiro atoms. The summed E-state index contributed by atoms with van der Waals surface area (Å²) in [5.74, 6) is -0.164. The highest BCUT2D eigenvalue weighted by Gasteiger charge is 2.31. The van der Waals surface area contributed by atoms with Crippen LogP contribution in [0.1, 0.15) is 16.1 Å². The minimum absolute atomic E-state index is 0.0201. The molecular formula is C22H20N6O3. The molecule has 156 valence electrons. The van der Waals surface area contributed by atoms with E-state index < -0.39 is 11.9 Å². The van der Waals surface area contributed by atoms with Crippen LogP contribution in [-0.4, -0.2) is 51.5 Å². The summed E-state index contributed by atoms with van der Waals surface area (Å²) in [6.45, 7) is 0.518. The van der Waals surface area contributed by atoms with Crippen molar-refractivity contribution in [2.24, 2.45) is 0 Å². The standard InChI is InChI=1S/C22H20N6O3/c1-27-19-9-15-7-8-23-16(15)10-20(19)31-13-18(22(27)30)24-21(29)17-12-28(26-25-17)11-14-5-3-2-4-6-14/h2-10,12,18,23H,11,13H2,1H3,(H,24,29)/t18-/m0/s1. The monoisotopic (exact) mass is 416 g/mol. The summed E-state index contributed by atoms with van der Waals surface area (Å²) in [6, 6.07) is 14.6. The Morgan fingerprint density at radius 3 is 2.94 bits per heavy atom. The lowest BCUT2D eigenvalue weighted by Gasteiger charge is -2.20. The number of carbonyl (C=O) groups is 2. The topological polar surface area (TPSA) is 105 Å². The maximum atomic E-state index is 13.0. The molecule has 1 aliphatic rings. The summed E-state index contributed by atoms with van der Waals surface area (Å²) in [5, 5.41) is 11.7. The van der Waals surface area contributed by atoms with E-state index in [1.54, 1.807) is 17.9 Å². The number of rotatable bonds is 4. The Kier molecular flexibility index (Phi) is 4.62. The van der Waals surface area contributed by atoms with E-state index in [2.05, 4.69) is 20.6 Å². The second kappa shape index (κ2) is 7.60. The predicted octanol–water partition coefficient (Wildman–Crippen LogP) is 1.96. The number of ether oxygens (including phenoxy) is 1. The molecule has 3 heterocycles. The largest absolute Gasteiger partial charge is 0.489 e. The maximum absolute atomic E-state index is 13.0. The van der Waals surface area contributed by atoms with Crippen LogP contribution in [0, 0.1) is 0 Å². The van der Waals surface area contributed by atoms with Gasteiger partial charge in [-0.1, -0.05) is 35.5 Å². The molecule has 1 aliphatic heterocycles. The molecule has 4 aromatic rings. The van der Waals surface area contributed by atoms with Gasteiger partial charge in [-0.3, -0.25) is 9.59 Å². The van der Waals surface area contributed by atoms with Crippen LogP contribution < -0.4 is 15.0 Å². The Morgan fingerprint density at radius 2 is 2.10 bits per heavy atom. The quantitative estimate of drug-likeness (QED) is 0.529. The van der Waals surface area contributed by atoms with Crippen molar-refractivity contribution < 1.29 is 14.3 Å². The average molecular weight is 416 g/mol. The molecule has 5 rings (SSSR count). The zero-order chi connectivity index (χ0) is 21.4. The van der Waals surface area contributed by atoms with Gasteiger partial charge in [0.2, 0.25) is 0 Å². The molecule has 0 aliphatic carbocycles. The van der Waals surface area contributed by atoms with Crippen molar-refractivity contribution in [2.45, 2.75) is 12.6 Å². The summed E-state index contributed by atoms with van der Waals surface area (Å²) < 4.78 is 7.44. The van der Waals surface area contributed by atoms with Crippen molar-refractivity contribution in [1.29, 1.82) is 0 Å². The summed E-state index contributed by atoms with van der Waals surface area (Å²) in [5.41, 5.74) is 2.75. The van der Waals surface area contributed by atoms with E-state index in [4.69, 9.17) is 4.74 Å². The SMILES string of the molecule is CN1C(=O)[C@@H](NC(=O)c2cn(Cc3ccccc3)nn2)COc2cc3[nH]ccc3cc21. The lowest BCUT2D eigenvalue weighted by Crippen LogP contribution is -2.49. The van der Waals surface area contributed by atoms with E-state index in [0.717, 1.165) is 16.5 Å². The van der Waals surface area contributed by atoms with Gasteiger partial charge in [0.05, 0.1) is 18.4 Å². The van der Waals surface area contributed by atoms with Gasteiger partial charge in [-0.25, -0.2) is 4.68 Å². The number of amides is 2. The average Bonchev–Trinajstić information content (AvgIpc) is 3.42. The number of hydrogen-bond acceptors (Lipinski definition) is 5. The third-order valence-corrected chi connectivity index (χ3v) is 5.29. The van der Waals surface area contributed by atoms with Gasteiger partial charge < -0.3 is 19.9 Å². The van der Waals surface area contributed by atoms with Crippen LogP contribution in [0.5, 0.6) is 5.75 Å². The number of carbonyl (C=O) groups excluding carboxylic acids is 2. The molecule has 9 heteroatoms. The van der Waals surface area contributed by atoms with Crippen LogP contribution in [0.4, 0.5) is 5.69 Å². The van der Waals surface area contributed by atoms with Crippen LogP contribution in [-0.2, 0) is 11.3 Å². The normalized spacial score (nSPS) is 16.0. The van der Waals surface area contributed by atoms with Crippen LogP contribution in [0.2, 0.25) is 0 Å². The molecule has 0 saturated heterocycles. The summed E-state index contributed by atoms with van der Waals surface area (Å²) in [6.07, 6.45) is 3.39. The van der Waals surface area contributed by atoms with E-state index in [9.17, 15) is 9.59 Å². The number of anilines is 1. The van der Waals surface area contributed by atoms with Gasteiger partial charge in [0.15, 0.2) is 5.69 Å². The highest BCUT2D eigenvalue weighted by atomic mass is 16.5. The number of nitrogens with one attached hydrogen (secondary N) is 2. The van der Waals surface area contributed by atoms with Crippen molar-refractivity contribution >= 4 is 28.4 Å². The Hall–Kier alpha value is -4.14. The summed E-state index contributed by atoms with van der Waals surface area (Å²) in [4.78, 5) is 30.3. The second-order valence-corrected chi connectivity index (χ2v) is 7.41. The molecule has 2 N–H and O–H groups in total. The highest BCUT2D eigenvalue weighted by molar-refractivity contribution is 6.04. The Balaban J connectivity index is 1.31. The molecular weight excluding hydrogens is 396 g/mol. The van der Waals surface area contributed by atoms with Crippen LogP contribution in [0.15, 0.2) is 60.9 Å². The number of aromatic amines is 1. The first-order chi connectivity index (χ1) is 15.1. The van der Waals surface area contributed by atoms with E-state index in [1.807, 2.05) is 54.7 Å². The van der Waals surface area contributed by atoms with Crippen molar-refractivity contribution in [3.63, 3.8) is 0 Å². The Morgan fingerprint density at radius 1 is 1.26 bits per heavy atom. The molecule has 2 amide bonds. The molecule has 31 heavy (non-hydrogen) atoms. The summed E-state index contributed by atoms with van der Waals surface area (Å²) >= 11 is 0. The first-order valence-electron chi connectivity index (χ1n) is 9.85. The van der Waals surface area contributed by atoms with Crippen molar-refractivity contribution in [2.75, 3.05) is 18.6 Å². The molecule has 9 nitrogen and oxygen atoms in total. The van der Waals surface area contributed by atoms with Gasteiger partial charge in [0, 0.05) is 30.2 Å². The second-order valence-electron chi connectivity index (χ2n) is 7.41. The molecule has 2 aromatic heterocycles. The predicted molar refractivity (Wildman–Crippen MR) is 114 cm³/mol. The van der Waals surface area contributed by atoms with Gasteiger partial charge in [-0.2, -0.15) is 0 Å². The summed E-state index contributed by atoms with van der Waals surface area (Å²) in [7, 11) is 1.67. The highest BCUT2D eigenvalue weighted by Crippen LogP contribution is 2.34. The molecule has 2 aromatic carbocycles. The fraction of sp³-hybridized carbons (Fsp3) is 0.182. The molecule has 0 saturated carbocycles. The first-order valence-corrected chi connectivity index (χ1v) is 9.85. The fourth-order valence-electron chi connectivity index (χ4n) is 3.63. The minimum atomic E-state index is -0.845. The van der Waals surface area contributed by atoms with Gasteiger partial charge in [0.25, 0.3) is 11.8 Å². The molecule has 0 radical (unpaired) electrons. The zero-order valence-electron chi connectivity index (χ0n) is 16.8. The van der Waals surface area contributed by atoms with E-state index >= 15 is 0 Å². The third-order valence-electron chi connectivity index (χ3n) is 5.29. The third kappa shape index (κ3) is 3.61. The number of hydrogen-bond donors (Lipinski definition) is 2. The number of likely N-dealkylation sites (N-methyl/N-ethyl adjacent to an activating group) is 1. The van der Waals surface area contributed by atoms with Gasteiger partial charge in [-0.05, 0) is 17.7 Å². The number of nitrogens with zero attached hydrogens (tertiary/aromatic N) is 4. The van der Waals surface area contributed by atoms with Crippen LogP contribution in [0.25, 0.3) is 10.9 Å². The Bertz CT molecular complexity index is 1260. The van der Waals surface area contributed by atoms with E-state index in [1.165, 1.54) is 4.90 Å². The number of H-pyrrole nitrogens is 1. The number of fused-ring (bicyclic) bond motifs is 2. The number of benzene rings is 2. The van der Waals surface area contributed by atoms with Gasteiger partial charge in [0.1, 0.15) is 18.4 Å². The molecule has 1 atom stereocenters. The lowest BCUT2D eigenvalue weighted by atomic mass is 10.2. The first kappa shape index (κ1) is 18.9. The molecule has 0 bridgehead atoms. The smallest absolute Gasteiger partial charge is 0.274 e. The zero-order valence-corrected chi connectivity index (χ0v) is 16.8. The van der Waals surface area contributed by atoms with Gasteiger partial charge in [-0.15, -0.1) is 5.10 Å². The number of aromatic nitrogens is 4. The van der Waals surface area contributed by atoms with Crippen LogP contribution in [0.3, 0.4) is 0 Å². The minimum Gasteiger partial charge on any atom is -0.489 e. The maximum Gasteiger partial charge on any atom is 0.274 e.